The molecule has 0 bridgehead atoms. The number of rotatable bonds is 9. The third-order valence-electron chi connectivity index (χ3n) is 6.73. The van der Waals surface area contributed by atoms with Crippen molar-refractivity contribution in [3.63, 3.8) is 0 Å². The Morgan fingerprint density at radius 1 is 1.09 bits per heavy atom. The summed E-state index contributed by atoms with van der Waals surface area (Å²) in [5, 5.41) is 0.966. The summed E-state index contributed by atoms with van der Waals surface area (Å²) in [5.74, 6) is 0.773. The smallest absolute Gasteiger partial charge is 0.338 e. The summed E-state index contributed by atoms with van der Waals surface area (Å²) in [6.07, 6.45) is 1.72. The van der Waals surface area contributed by atoms with Gasteiger partial charge in [-0.3, -0.25) is 9.36 Å². The molecule has 1 atom stereocenters. The average Bonchev–Trinajstić information content (AvgIpc) is 3.27. The summed E-state index contributed by atoms with van der Waals surface area (Å²) in [6, 6.07) is 17.8. The maximum Gasteiger partial charge on any atom is 0.338 e. The zero-order valence-corrected chi connectivity index (χ0v) is 28.9. The number of nitrogens with zero attached hydrogens (tertiary/aromatic N) is 2. The fraction of sp³-hybridized carbons (Fsp3) is 0.242. The van der Waals surface area contributed by atoms with Crippen molar-refractivity contribution in [1.29, 1.82) is 0 Å². The van der Waals surface area contributed by atoms with Gasteiger partial charge in [-0.05, 0) is 97.8 Å². The number of thiazole rings is 1. The Hall–Kier alpha value is -3.12. The molecular formula is C33H29Cl2IN2O5S. The first-order valence-corrected chi connectivity index (χ1v) is 16.5. The lowest BCUT2D eigenvalue weighted by molar-refractivity contribution is -0.139. The van der Waals surface area contributed by atoms with Crippen molar-refractivity contribution in [2.75, 3.05) is 6.61 Å². The molecule has 0 saturated carbocycles. The van der Waals surface area contributed by atoms with Gasteiger partial charge in [-0.1, -0.05) is 64.9 Å². The molecule has 228 valence electrons. The molecule has 4 aromatic rings. The number of aromatic nitrogens is 1. The molecule has 0 aliphatic carbocycles. The first kappa shape index (κ1) is 32.3. The number of hydrogen-bond donors (Lipinski definition) is 0. The minimum absolute atomic E-state index is 0.110. The summed E-state index contributed by atoms with van der Waals surface area (Å²) < 4.78 is 20.5. The largest absolute Gasteiger partial charge is 0.491 e. The van der Waals surface area contributed by atoms with Crippen LogP contribution >= 0.6 is 57.1 Å². The van der Waals surface area contributed by atoms with E-state index in [2.05, 4.69) is 27.6 Å². The van der Waals surface area contributed by atoms with Gasteiger partial charge in [-0.15, -0.1) is 0 Å². The van der Waals surface area contributed by atoms with Crippen molar-refractivity contribution in [2.24, 2.45) is 4.99 Å². The molecule has 0 unspecified atom stereocenters. The number of hydrogen-bond acceptors (Lipinski definition) is 7. The van der Waals surface area contributed by atoms with Crippen LogP contribution in [0.4, 0.5) is 0 Å². The standard InChI is InChI=1S/C33H29Cl2IN2O5S/c1-5-41-32(40)29-19(4)37-33-38(30(29)22-8-6-7-9-26(22)43-18(2)3)31(39)28(44-33)16-20-11-13-27(25(36)15-20)42-17-21-10-12-23(34)24(35)14-21/h6-16,18,30H,5,17H2,1-4H3/b28-16+/t30-/m1/s1. The van der Waals surface area contributed by atoms with Crippen molar-refractivity contribution in [3.8, 4) is 11.5 Å². The van der Waals surface area contributed by atoms with Gasteiger partial charge in [0.15, 0.2) is 4.80 Å². The van der Waals surface area contributed by atoms with Crippen LogP contribution in [0.25, 0.3) is 6.08 Å². The van der Waals surface area contributed by atoms with Crippen LogP contribution in [0.3, 0.4) is 0 Å². The Labute approximate surface area is 282 Å². The Morgan fingerprint density at radius 3 is 2.57 bits per heavy atom. The monoisotopic (exact) mass is 762 g/mol. The van der Waals surface area contributed by atoms with Crippen LogP contribution in [0.1, 0.15) is 50.4 Å². The van der Waals surface area contributed by atoms with Crippen LogP contribution in [0.5, 0.6) is 11.5 Å². The number of para-hydroxylation sites is 1. The average molecular weight is 763 g/mol. The molecule has 0 saturated heterocycles. The molecule has 1 aromatic heterocycles. The van der Waals surface area contributed by atoms with E-state index in [4.69, 9.17) is 37.4 Å². The highest BCUT2D eigenvalue weighted by molar-refractivity contribution is 14.1. The Balaban J connectivity index is 1.54. The second-order valence-electron chi connectivity index (χ2n) is 10.2. The number of carbonyl (C=O) groups is 1. The highest BCUT2D eigenvalue weighted by Gasteiger charge is 2.35. The van der Waals surface area contributed by atoms with Gasteiger partial charge in [0.2, 0.25) is 0 Å². The molecule has 3 aromatic carbocycles. The second kappa shape index (κ2) is 13.9. The van der Waals surface area contributed by atoms with E-state index in [-0.39, 0.29) is 18.3 Å². The van der Waals surface area contributed by atoms with Crippen LogP contribution in [0, 0.1) is 3.57 Å². The van der Waals surface area contributed by atoms with Gasteiger partial charge >= 0.3 is 5.97 Å². The highest BCUT2D eigenvalue weighted by atomic mass is 127. The van der Waals surface area contributed by atoms with Gasteiger partial charge in [0.1, 0.15) is 24.1 Å². The maximum atomic E-state index is 14.1. The molecule has 1 aliphatic rings. The van der Waals surface area contributed by atoms with Crippen molar-refractivity contribution in [1.82, 2.24) is 4.57 Å². The zero-order chi connectivity index (χ0) is 31.5. The first-order valence-electron chi connectivity index (χ1n) is 13.9. The molecule has 2 heterocycles. The number of benzene rings is 3. The van der Waals surface area contributed by atoms with Gasteiger partial charge in [-0.25, -0.2) is 9.79 Å². The predicted octanol–water partition coefficient (Wildman–Crippen LogP) is 7.08. The number of carbonyl (C=O) groups excluding carboxylic acids is 1. The van der Waals surface area contributed by atoms with E-state index in [1.54, 1.807) is 30.5 Å². The highest BCUT2D eigenvalue weighted by Crippen LogP contribution is 2.36. The van der Waals surface area contributed by atoms with Crippen molar-refractivity contribution >= 4 is 69.2 Å². The van der Waals surface area contributed by atoms with E-state index in [1.807, 2.05) is 68.5 Å². The Morgan fingerprint density at radius 2 is 1.86 bits per heavy atom. The number of esters is 1. The third-order valence-corrected chi connectivity index (χ3v) is 9.29. The lowest BCUT2D eigenvalue weighted by atomic mass is 9.95. The summed E-state index contributed by atoms with van der Waals surface area (Å²) in [7, 11) is 0. The van der Waals surface area contributed by atoms with Crippen LogP contribution in [0.15, 0.2) is 81.7 Å². The summed E-state index contributed by atoms with van der Waals surface area (Å²) in [4.78, 5) is 32.5. The Kier molecular flexibility index (Phi) is 10.2. The van der Waals surface area contributed by atoms with E-state index in [0.29, 0.717) is 54.3 Å². The second-order valence-corrected chi connectivity index (χ2v) is 13.2. The Bertz CT molecular complexity index is 1950. The van der Waals surface area contributed by atoms with E-state index in [1.165, 1.54) is 11.3 Å². The number of ether oxygens (including phenoxy) is 3. The molecule has 11 heteroatoms. The minimum Gasteiger partial charge on any atom is -0.491 e. The van der Waals surface area contributed by atoms with E-state index < -0.39 is 12.0 Å². The fourth-order valence-corrected chi connectivity index (χ4v) is 6.88. The molecule has 0 spiro atoms. The van der Waals surface area contributed by atoms with Crippen LogP contribution in [-0.2, 0) is 16.1 Å². The summed E-state index contributed by atoms with van der Waals surface area (Å²) in [5.41, 5.74) is 2.95. The normalized spacial score (nSPS) is 14.8. The number of fused-ring (bicyclic) bond motifs is 1. The van der Waals surface area contributed by atoms with Gasteiger partial charge < -0.3 is 14.2 Å². The number of allylic oxidation sites excluding steroid dienone is 1. The summed E-state index contributed by atoms with van der Waals surface area (Å²) in [6.45, 7) is 7.90. The van der Waals surface area contributed by atoms with E-state index >= 15 is 0 Å². The molecule has 0 fully saturated rings. The van der Waals surface area contributed by atoms with Crippen molar-refractivity contribution in [3.05, 3.63) is 122 Å². The fourth-order valence-electron chi connectivity index (χ4n) is 4.82. The maximum absolute atomic E-state index is 14.1. The van der Waals surface area contributed by atoms with Gasteiger partial charge in [0.05, 0.1) is 42.1 Å². The molecule has 44 heavy (non-hydrogen) atoms. The third kappa shape index (κ3) is 6.91. The summed E-state index contributed by atoms with van der Waals surface area (Å²) >= 11 is 15.6. The van der Waals surface area contributed by atoms with Gasteiger partial charge in [0.25, 0.3) is 5.56 Å². The molecule has 0 amide bonds. The van der Waals surface area contributed by atoms with Crippen LogP contribution in [0.2, 0.25) is 10.0 Å². The van der Waals surface area contributed by atoms with E-state index in [9.17, 15) is 9.59 Å². The molecule has 1 aliphatic heterocycles. The molecular weight excluding hydrogens is 734 g/mol. The predicted molar refractivity (Wildman–Crippen MR) is 183 cm³/mol. The number of halogens is 3. The lowest BCUT2D eigenvalue weighted by Gasteiger charge is -2.26. The minimum atomic E-state index is -0.764. The van der Waals surface area contributed by atoms with Gasteiger partial charge in [-0.2, -0.15) is 0 Å². The lowest BCUT2D eigenvalue weighted by Crippen LogP contribution is -2.40. The molecule has 0 N–H and O–H groups in total. The SMILES string of the molecule is CCOC(=O)C1=C(C)N=c2s/c(=C/c3ccc(OCc4ccc(Cl)c(Cl)c4)c(I)c3)c(=O)n2[C@@H]1c1ccccc1OC(C)C. The first-order chi connectivity index (χ1) is 21.1. The van der Waals surface area contributed by atoms with Crippen molar-refractivity contribution < 1.29 is 19.0 Å². The van der Waals surface area contributed by atoms with Crippen molar-refractivity contribution in [2.45, 2.75) is 46.4 Å². The van der Waals surface area contributed by atoms with Crippen LogP contribution in [-0.4, -0.2) is 23.2 Å². The topological polar surface area (TPSA) is 79.1 Å². The quantitative estimate of drug-likeness (QED) is 0.135. The van der Waals surface area contributed by atoms with Gasteiger partial charge in [0, 0.05) is 5.56 Å². The molecule has 0 radical (unpaired) electrons. The van der Waals surface area contributed by atoms with E-state index in [0.717, 1.165) is 14.7 Å². The molecule has 5 rings (SSSR count). The molecule has 7 nitrogen and oxygen atoms in total. The van der Waals surface area contributed by atoms with Crippen LogP contribution < -0.4 is 24.4 Å². The zero-order valence-electron chi connectivity index (χ0n) is 24.4.